The number of aliphatic hydroxyl groups excluding tert-OH is 2. The summed E-state index contributed by atoms with van der Waals surface area (Å²) in [7, 11) is 0. The fourth-order valence-electron chi connectivity index (χ4n) is 4.61. The van der Waals surface area contributed by atoms with Gasteiger partial charge in [0.05, 0.1) is 18.2 Å². The van der Waals surface area contributed by atoms with E-state index >= 15 is 0 Å². The van der Waals surface area contributed by atoms with Crippen molar-refractivity contribution in [3.63, 3.8) is 0 Å². The topological polar surface area (TPSA) is 93.6 Å². The predicted octanol–water partition coefficient (Wildman–Crippen LogP) is 3.77. The smallest absolute Gasteiger partial charge is 0.217 e. The molecule has 0 radical (unpaired) electrons. The van der Waals surface area contributed by atoms with Crippen molar-refractivity contribution in [2.45, 2.75) is 71.2 Å². The minimum atomic E-state index is -1.01. The van der Waals surface area contributed by atoms with Crippen molar-refractivity contribution in [2.24, 2.45) is 5.41 Å². The van der Waals surface area contributed by atoms with Crippen molar-refractivity contribution in [1.82, 2.24) is 10.6 Å². The largest absolute Gasteiger partial charge is 0.390 e. The Labute approximate surface area is 206 Å². The first-order valence-corrected chi connectivity index (χ1v) is 12.0. The van der Waals surface area contributed by atoms with Gasteiger partial charge in [-0.2, -0.15) is 0 Å². The van der Waals surface area contributed by atoms with Gasteiger partial charge in [-0.05, 0) is 66.1 Å². The van der Waals surface area contributed by atoms with Crippen LogP contribution in [0, 0.1) is 17.0 Å². The molecule has 2 aromatic carbocycles. The van der Waals surface area contributed by atoms with E-state index in [2.05, 4.69) is 16.0 Å². The van der Waals surface area contributed by atoms with E-state index in [1.165, 1.54) is 19.1 Å². The summed E-state index contributed by atoms with van der Waals surface area (Å²) in [5.74, 6) is -1.76. The highest BCUT2D eigenvalue weighted by Crippen LogP contribution is 2.39. The number of nitrogens with one attached hydrogen (secondary N) is 3. The van der Waals surface area contributed by atoms with Crippen LogP contribution in [0.2, 0.25) is 0 Å². The van der Waals surface area contributed by atoms with Crippen LogP contribution in [0.5, 0.6) is 0 Å². The van der Waals surface area contributed by atoms with E-state index in [0.717, 1.165) is 35.8 Å². The molecule has 5 N–H and O–H groups in total. The highest BCUT2D eigenvalue weighted by molar-refractivity contribution is 5.73. The summed E-state index contributed by atoms with van der Waals surface area (Å²) in [6.45, 7) is 10.2. The van der Waals surface area contributed by atoms with Gasteiger partial charge in [0.1, 0.15) is 11.6 Å². The van der Waals surface area contributed by atoms with Gasteiger partial charge >= 0.3 is 0 Å². The van der Waals surface area contributed by atoms with E-state index < -0.39 is 35.4 Å². The monoisotopic (exact) mass is 489 g/mol. The van der Waals surface area contributed by atoms with Crippen LogP contribution in [0.25, 0.3) is 0 Å². The van der Waals surface area contributed by atoms with Crippen LogP contribution in [0.15, 0.2) is 36.4 Å². The fraction of sp³-hybridized carbons (Fsp3) is 0.519. The van der Waals surface area contributed by atoms with Gasteiger partial charge in [-0.15, -0.1) is 0 Å². The van der Waals surface area contributed by atoms with Crippen molar-refractivity contribution in [3.8, 4) is 0 Å². The fourth-order valence-corrected chi connectivity index (χ4v) is 4.61. The molecule has 192 valence electrons. The summed E-state index contributed by atoms with van der Waals surface area (Å²) in [6, 6.07) is 8.34. The molecule has 3 rings (SSSR count). The summed E-state index contributed by atoms with van der Waals surface area (Å²) in [4.78, 5) is 11.8. The lowest BCUT2D eigenvalue weighted by Crippen LogP contribution is -2.53. The number of halogens is 2. The molecule has 0 saturated heterocycles. The first-order valence-electron chi connectivity index (χ1n) is 12.0. The summed E-state index contributed by atoms with van der Waals surface area (Å²) in [6.07, 6.45) is -0.834. The third-order valence-electron chi connectivity index (χ3n) is 6.65. The Bertz CT molecular complexity index is 1040. The minimum absolute atomic E-state index is 0.0773. The highest BCUT2D eigenvalue weighted by atomic mass is 19.1. The number of hydrogen-bond donors (Lipinski definition) is 5. The maximum atomic E-state index is 13.7. The van der Waals surface area contributed by atoms with Gasteiger partial charge in [0.25, 0.3) is 0 Å². The van der Waals surface area contributed by atoms with Crippen molar-refractivity contribution >= 4 is 11.6 Å². The Kier molecular flexibility index (Phi) is 8.19. The summed E-state index contributed by atoms with van der Waals surface area (Å²) >= 11 is 0. The number of hydrogen-bond acceptors (Lipinski definition) is 5. The van der Waals surface area contributed by atoms with Gasteiger partial charge in [-0.1, -0.05) is 26.8 Å². The number of aliphatic hydroxyl groups is 2. The normalized spacial score (nSPS) is 20.4. The average molecular weight is 490 g/mol. The number of carbonyl (C=O) groups is 1. The molecule has 1 aliphatic rings. The van der Waals surface area contributed by atoms with E-state index in [-0.39, 0.29) is 24.3 Å². The molecule has 0 fully saturated rings. The predicted molar refractivity (Wildman–Crippen MR) is 133 cm³/mol. The van der Waals surface area contributed by atoms with Crippen LogP contribution in [-0.2, 0) is 16.8 Å². The second-order valence-corrected chi connectivity index (χ2v) is 10.8. The molecule has 8 heteroatoms. The minimum Gasteiger partial charge on any atom is -0.390 e. The van der Waals surface area contributed by atoms with Gasteiger partial charge < -0.3 is 26.2 Å². The molecular formula is C27H37F2N3O3. The Morgan fingerprint density at radius 1 is 1.14 bits per heavy atom. The van der Waals surface area contributed by atoms with E-state index in [1.807, 2.05) is 45.9 Å². The molecular weight excluding hydrogens is 452 g/mol. The standard InChI is InChI=1S/C27H37F2N3O3/c1-16(33)32-23(12-17-10-19(28)14-20(29)11-17)24(34)15-31-27(5)8-9-30-22-7-6-18(13-21(22)27)25(35)26(2,3)4/h6-7,10-11,13-14,23-25,30-31,34-35H,8-9,12,15H2,1-5H3,(H,32,33)/t23-,24+,25?,27?/m0/s1. The van der Waals surface area contributed by atoms with Gasteiger partial charge in [-0.25, -0.2) is 8.78 Å². The van der Waals surface area contributed by atoms with Gasteiger partial charge in [0.2, 0.25) is 5.91 Å². The molecule has 1 heterocycles. The van der Waals surface area contributed by atoms with E-state index in [9.17, 15) is 23.8 Å². The zero-order valence-electron chi connectivity index (χ0n) is 21.1. The van der Waals surface area contributed by atoms with Crippen molar-refractivity contribution in [2.75, 3.05) is 18.4 Å². The number of carbonyl (C=O) groups excluding carboxylic acids is 1. The summed E-state index contributed by atoms with van der Waals surface area (Å²) in [5, 5.41) is 31.3. The van der Waals surface area contributed by atoms with E-state index in [1.54, 1.807) is 0 Å². The van der Waals surface area contributed by atoms with E-state index in [0.29, 0.717) is 5.56 Å². The number of anilines is 1. The van der Waals surface area contributed by atoms with Crippen LogP contribution < -0.4 is 16.0 Å². The number of benzene rings is 2. The first kappa shape index (κ1) is 27.0. The number of amides is 1. The summed E-state index contributed by atoms with van der Waals surface area (Å²) in [5.41, 5.74) is 2.29. The molecule has 1 amide bonds. The molecule has 2 unspecified atom stereocenters. The van der Waals surface area contributed by atoms with Crippen LogP contribution in [0.3, 0.4) is 0 Å². The first-order chi connectivity index (χ1) is 16.3. The molecule has 4 atom stereocenters. The highest BCUT2D eigenvalue weighted by Gasteiger charge is 2.35. The third kappa shape index (κ3) is 6.78. The van der Waals surface area contributed by atoms with Crippen LogP contribution >= 0.6 is 0 Å². The van der Waals surface area contributed by atoms with Crippen molar-refractivity contribution in [3.05, 3.63) is 64.7 Å². The molecule has 2 aromatic rings. The van der Waals surface area contributed by atoms with Crippen LogP contribution in [0.1, 0.15) is 63.8 Å². The van der Waals surface area contributed by atoms with E-state index in [4.69, 9.17) is 0 Å². The lowest BCUT2D eigenvalue weighted by molar-refractivity contribution is -0.120. The molecule has 0 saturated carbocycles. The number of fused-ring (bicyclic) bond motifs is 1. The summed E-state index contributed by atoms with van der Waals surface area (Å²) < 4.78 is 27.3. The molecule has 0 aliphatic carbocycles. The van der Waals surface area contributed by atoms with Gasteiger partial charge in [-0.3, -0.25) is 4.79 Å². The molecule has 1 aliphatic heterocycles. The molecule has 0 aromatic heterocycles. The molecule has 35 heavy (non-hydrogen) atoms. The number of rotatable bonds is 8. The Hall–Kier alpha value is -2.55. The quantitative estimate of drug-likeness (QED) is 0.389. The van der Waals surface area contributed by atoms with Crippen LogP contribution in [-0.4, -0.2) is 41.4 Å². The van der Waals surface area contributed by atoms with Crippen molar-refractivity contribution in [1.29, 1.82) is 0 Å². The van der Waals surface area contributed by atoms with Gasteiger partial charge in [0, 0.05) is 37.3 Å². The van der Waals surface area contributed by atoms with Crippen molar-refractivity contribution < 1.29 is 23.8 Å². The lowest BCUT2D eigenvalue weighted by Gasteiger charge is -2.40. The molecule has 0 spiro atoms. The molecule has 0 bridgehead atoms. The average Bonchev–Trinajstić information content (AvgIpc) is 2.75. The Morgan fingerprint density at radius 3 is 2.40 bits per heavy atom. The zero-order chi connectivity index (χ0) is 26.0. The molecule has 6 nitrogen and oxygen atoms in total. The third-order valence-corrected chi connectivity index (χ3v) is 6.65. The maximum Gasteiger partial charge on any atom is 0.217 e. The second-order valence-electron chi connectivity index (χ2n) is 10.8. The Balaban J connectivity index is 1.79. The van der Waals surface area contributed by atoms with Gasteiger partial charge in [0.15, 0.2) is 0 Å². The lowest BCUT2D eigenvalue weighted by atomic mass is 9.79. The SMILES string of the molecule is CC(=O)N[C@@H](Cc1cc(F)cc(F)c1)[C@H](O)CNC1(C)CCNc2ccc(C(O)C(C)(C)C)cc21. The zero-order valence-corrected chi connectivity index (χ0v) is 21.1. The maximum absolute atomic E-state index is 13.7. The van der Waals surface area contributed by atoms with Crippen LogP contribution in [0.4, 0.5) is 14.5 Å². The second kappa shape index (κ2) is 10.6. The Morgan fingerprint density at radius 2 is 1.80 bits per heavy atom.